The number of benzene rings is 4. The number of anilines is 1. The molecule has 1 aliphatic heterocycles. The predicted octanol–water partition coefficient (Wildman–Crippen LogP) is 5.37. The molecule has 5 rings (SSSR count). The smallest absolute Gasteiger partial charge is 0.343 e. The first-order valence-corrected chi connectivity index (χ1v) is 12.5. The fourth-order valence-corrected chi connectivity index (χ4v) is 5.14. The van der Waals surface area contributed by atoms with Gasteiger partial charge < -0.3 is 9.64 Å². The van der Waals surface area contributed by atoms with Crippen LogP contribution >= 0.6 is 0 Å². The van der Waals surface area contributed by atoms with Gasteiger partial charge in [-0.1, -0.05) is 66.2 Å². The van der Waals surface area contributed by atoms with Crippen LogP contribution in [0.25, 0.3) is 0 Å². The summed E-state index contributed by atoms with van der Waals surface area (Å²) in [4.78, 5) is 14.7. The third-order valence-corrected chi connectivity index (χ3v) is 7.05. The molecule has 0 radical (unpaired) electrons. The van der Waals surface area contributed by atoms with E-state index in [9.17, 15) is 13.2 Å². The van der Waals surface area contributed by atoms with Gasteiger partial charge in [0.1, 0.15) is 10.6 Å². The van der Waals surface area contributed by atoms with Gasteiger partial charge in [-0.05, 0) is 49.4 Å². The Morgan fingerprint density at radius 2 is 1.49 bits per heavy atom. The molecule has 35 heavy (non-hydrogen) atoms. The van der Waals surface area contributed by atoms with Crippen molar-refractivity contribution in [2.45, 2.75) is 18.4 Å². The fourth-order valence-electron chi connectivity index (χ4n) is 3.93. The molecule has 174 valence electrons. The predicted molar refractivity (Wildman–Crippen MR) is 135 cm³/mol. The number of sulfonamides is 1. The summed E-state index contributed by atoms with van der Waals surface area (Å²) >= 11 is 0. The lowest BCUT2D eigenvalue weighted by Gasteiger charge is -2.26. The molecule has 0 aromatic heterocycles. The molecule has 1 heterocycles. The third kappa shape index (κ3) is 4.58. The molecule has 0 fully saturated rings. The van der Waals surface area contributed by atoms with Crippen molar-refractivity contribution in [2.75, 3.05) is 4.90 Å². The molecule has 0 amide bonds. The Labute approximate surface area is 204 Å². The second kappa shape index (κ2) is 9.19. The van der Waals surface area contributed by atoms with E-state index in [4.69, 9.17) is 4.74 Å². The maximum atomic E-state index is 12.8. The van der Waals surface area contributed by atoms with Gasteiger partial charge in [-0.15, -0.1) is 4.40 Å². The van der Waals surface area contributed by atoms with Crippen molar-refractivity contribution in [3.8, 4) is 5.75 Å². The first kappa shape index (κ1) is 22.6. The monoisotopic (exact) mass is 482 g/mol. The number of amidine groups is 1. The molecular weight excluding hydrogens is 460 g/mol. The van der Waals surface area contributed by atoms with E-state index >= 15 is 0 Å². The van der Waals surface area contributed by atoms with E-state index in [1.54, 1.807) is 60.7 Å². The van der Waals surface area contributed by atoms with Gasteiger partial charge in [0, 0.05) is 16.8 Å². The van der Waals surface area contributed by atoms with Crippen LogP contribution in [0.4, 0.5) is 5.69 Å². The van der Waals surface area contributed by atoms with E-state index < -0.39 is 16.0 Å². The minimum atomic E-state index is -3.81. The van der Waals surface area contributed by atoms with Gasteiger partial charge in [-0.3, -0.25) is 0 Å². The second-order valence-electron chi connectivity index (χ2n) is 8.17. The van der Waals surface area contributed by atoms with Gasteiger partial charge in [-0.2, -0.15) is 8.42 Å². The van der Waals surface area contributed by atoms with Gasteiger partial charge in [0.25, 0.3) is 10.0 Å². The van der Waals surface area contributed by atoms with Gasteiger partial charge in [0.2, 0.25) is 0 Å². The van der Waals surface area contributed by atoms with Crippen LogP contribution < -0.4 is 9.64 Å². The van der Waals surface area contributed by atoms with Gasteiger partial charge >= 0.3 is 5.97 Å². The number of carbonyl (C=O) groups excluding carboxylic acids is 1. The molecule has 0 N–H and O–H groups in total. The molecule has 0 aliphatic carbocycles. The van der Waals surface area contributed by atoms with E-state index in [-0.39, 0.29) is 11.4 Å². The average Bonchev–Trinajstić information content (AvgIpc) is 3.15. The number of nitrogens with zero attached hydrogens (tertiary/aromatic N) is 2. The van der Waals surface area contributed by atoms with Gasteiger partial charge in [-0.25, -0.2) is 4.79 Å². The maximum Gasteiger partial charge on any atom is 0.343 e. The SMILES string of the molecule is Cc1ccc(N(Cc2ccccc2OC(=O)c2ccccc2)C2=NS(=O)(=O)c3ccccc32)cc1. The Morgan fingerprint density at radius 3 is 2.26 bits per heavy atom. The first-order valence-electron chi connectivity index (χ1n) is 11.1. The zero-order chi connectivity index (χ0) is 24.4. The van der Waals surface area contributed by atoms with E-state index in [2.05, 4.69) is 4.40 Å². The lowest BCUT2D eigenvalue weighted by Crippen LogP contribution is -2.30. The number of hydrogen-bond acceptors (Lipinski definition) is 5. The van der Waals surface area contributed by atoms with Crippen molar-refractivity contribution in [1.29, 1.82) is 0 Å². The minimum absolute atomic E-state index is 0.177. The van der Waals surface area contributed by atoms with Crippen molar-refractivity contribution in [2.24, 2.45) is 4.40 Å². The quantitative estimate of drug-likeness (QED) is 0.282. The molecule has 6 nitrogen and oxygen atoms in total. The summed E-state index contributed by atoms with van der Waals surface area (Å²) in [6.07, 6.45) is 0. The summed E-state index contributed by atoms with van der Waals surface area (Å²) in [5.41, 5.74) is 3.53. The highest BCUT2D eigenvalue weighted by Crippen LogP contribution is 2.32. The van der Waals surface area contributed by atoms with Crippen LogP contribution in [-0.2, 0) is 16.6 Å². The number of fused-ring (bicyclic) bond motifs is 1. The topological polar surface area (TPSA) is 76.0 Å². The molecule has 4 aromatic rings. The van der Waals surface area contributed by atoms with Crippen LogP contribution in [0, 0.1) is 6.92 Å². The fraction of sp³-hybridized carbons (Fsp3) is 0.0714. The van der Waals surface area contributed by atoms with Crippen LogP contribution in [-0.4, -0.2) is 20.2 Å². The lowest BCUT2D eigenvalue weighted by molar-refractivity contribution is 0.0733. The molecule has 4 aromatic carbocycles. The van der Waals surface area contributed by atoms with Crippen LogP contribution in [0.1, 0.15) is 27.0 Å². The zero-order valence-electron chi connectivity index (χ0n) is 19.0. The van der Waals surface area contributed by atoms with Crippen LogP contribution in [0.3, 0.4) is 0 Å². The normalized spacial score (nSPS) is 13.6. The molecule has 1 aliphatic rings. The van der Waals surface area contributed by atoms with Gasteiger partial charge in [0.05, 0.1) is 12.1 Å². The zero-order valence-corrected chi connectivity index (χ0v) is 19.8. The number of carbonyl (C=O) groups is 1. The summed E-state index contributed by atoms with van der Waals surface area (Å²) in [6, 6.07) is 30.5. The number of ether oxygens (including phenoxy) is 1. The van der Waals surface area contributed by atoms with Gasteiger partial charge in [0.15, 0.2) is 5.84 Å². The summed E-state index contributed by atoms with van der Waals surface area (Å²) in [5, 5.41) is 0. The largest absolute Gasteiger partial charge is 0.423 e. The number of para-hydroxylation sites is 1. The van der Waals surface area contributed by atoms with Crippen LogP contribution in [0.15, 0.2) is 112 Å². The van der Waals surface area contributed by atoms with Crippen molar-refractivity contribution < 1.29 is 17.9 Å². The highest BCUT2D eigenvalue weighted by Gasteiger charge is 2.32. The standard InChI is InChI=1S/C28H22N2O4S/c1-20-15-17-23(18-16-20)30(27-24-12-6-8-14-26(24)35(32,33)29-27)19-22-11-5-7-13-25(22)34-28(31)21-9-3-2-4-10-21/h2-18H,19H2,1H3. The Bertz CT molecular complexity index is 1530. The molecule has 0 spiro atoms. The summed E-state index contributed by atoms with van der Waals surface area (Å²) in [6.45, 7) is 2.23. The average molecular weight is 483 g/mol. The molecule has 7 heteroatoms. The Balaban J connectivity index is 1.56. The summed E-state index contributed by atoms with van der Waals surface area (Å²) < 4.78 is 35.4. The molecule has 0 saturated carbocycles. The number of hydrogen-bond donors (Lipinski definition) is 0. The lowest BCUT2D eigenvalue weighted by atomic mass is 10.1. The maximum absolute atomic E-state index is 12.8. The van der Waals surface area contributed by atoms with Crippen molar-refractivity contribution >= 4 is 27.5 Å². The molecular formula is C28H22N2O4S. The summed E-state index contributed by atoms with van der Waals surface area (Å²) in [5.74, 6) is 0.257. The Morgan fingerprint density at radius 1 is 0.829 bits per heavy atom. The highest BCUT2D eigenvalue weighted by molar-refractivity contribution is 7.90. The van der Waals surface area contributed by atoms with E-state index in [1.807, 2.05) is 54.3 Å². The third-order valence-electron chi connectivity index (χ3n) is 5.73. The Kier molecular flexibility index (Phi) is 5.93. The molecule has 0 unspecified atom stereocenters. The first-order chi connectivity index (χ1) is 16.9. The van der Waals surface area contributed by atoms with Crippen LogP contribution in [0.5, 0.6) is 5.75 Å². The molecule has 0 atom stereocenters. The Hall–Kier alpha value is -4.23. The minimum Gasteiger partial charge on any atom is -0.423 e. The second-order valence-corrected chi connectivity index (χ2v) is 9.74. The van der Waals surface area contributed by atoms with Crippen LogP contribution in [0.2, 0.25) is 0 Å². The van der Waals surface area contributed by atoms with Crippen molar-refractivity contribution in [1.82, 2.24) is 0 Å². The number of esters is 1. The van der Waals surface area contributed by atoms with E-state index in [0.717, 1.165) is 11.3 Å². The van der Waals surface area contributed by atoms with Crippen molar-refractivity contribution in [3.63, 3.8) is 0 Å². The number of rotatable bonds is 5. The summed E-state index contributed by atoms with van der Waals surface area (Å²) in [7, 11) is -3.81. The number of aryl methyl sites for hydroxylation is 1. The molecule has 0 bridgehead atoms. The van der Waals surface area contributed by atoms with E-state index in [0.29, 0.717) is 28.3 Å². The molecule has 0 saturated heterocycles. The van der Waals surface area contributed by atoms with E-state index in [1.165, 1.54) is 0 Å². The highest BCUT2D eigenvalue weighted by atomic mass is 32.2. The van der Waals surface area contributed by atoms with Crippen molar-refractivity contribution in [3.05, 3.63) is 125 Å².